The molecule has 5 rings (SSSR count). The zero-order valence-electron chi connectivity index (χ0n) is 38.8. The summed E-state index contributed by atoms with van der Waals surface area (Å²) in [5, 5.41) is 40.0. The summed E-state index contributed by atoms with van der Waals surface area (Å²) in [5.41, 5.74) is 26.4. The number of carbonyl (C=O) groups is 5. The van der Waals surface area contributed by atoms with Crippen LogP contribution in [0.2, 0.25) is 5.15 Å². The van der Waals surface area contributed by atoms with Gasteiger partial charge in [-0.05, 0) is 91.7 Å². The number of hydrogen-bond donors (Lipinski definition) is 10. The molecule has 4 bridgehead atoms. The third-order valence-corrected chi connectivity index (χ3v) is 11.7. The van der Waals surface area contributed by atoms with Crippen molar-refractivity contribution in [3.8, 4) is 39.6 Å². The largest absolute Gasteiger partial charge is 0.504 e. The van der Waals surface area contributed by atoms with Crippen LogP contribution < -0.4 is 48.4 Å². The minimum Gasteiger partial charge on any atom is -0.504 e. The highest BCUT2D eigenvalue weighted by molar-refractivity contribution is 6.33. The number of likely N-dealkylation sites (N-methyl/N-ethyl adjacent to an activating group) is 1. The van der Waals surface area contributed by atoms with Crippen LogP contribution >= 0.6 is 11.6 Å². The number of aliphatic hydroxyl groups is 1. The number of amides is 4. The second-order valence-corrected chi connectivity index (χ2v) is 18.0. The Kier molecular flexibility index (Phi) is 17.7. The maximum atomic E-state index is 14.9. The molecule has 0 saturated carbocycles. The van der Waals surface area contributed by atoms with Crippen molar-refractivity contribution in [2.75, 3.05) is 45.6 Å². The first kappa shape index (κ1) is 52.5. The summed E-state index contributed by atoms with van der Waals surface area (Å²) in [6.07, 6.45) is -0.700. The number of phenols is 1. The van der Waals surface area contributed by atoms with Crippen LogP contribution in [-0.4, -0.2) is 119 Å². The number of aliphatic hydroxyl groups excluding tert-OH is 1. The molecule has 366 valence electrons. The Balaban J connectivity index is 1.63. The van der Waals surface area contributed by atoms with E-state index >= 15 is 0 Å². The molecule has 0 fully saturated rings. The van der Waals surface area contributed by atoms with E-state index in [9.17, 15) is 39.3 Å². The molecule has 68 heavy (non-hydrogen) atoms. The lowest BCUT2D eigenvalue weighted by molar-refractivity contribution is -0.143. The fraction of sp³-hybridized carbons (Fsp3) is 0.417. The number of nitrogens with zero attached hydrogens (tertiary/aromatic N) is 2. The average molecular weight is 961 g/mol. The minimum atomic E-state index is -1.64. The van der Waals surface area contributed by atoms with E-state index in [4.69, 9.17) is 44.0 Å². The summed E-state index contributed by atoms with van der Waals surface area (Å²) >= 11 is 6.65. The van der Waals surface area contributed by atoms with Gasteiger partial charge in [-0.3, -0.25) is 19.2 Å². The van der Waals surface area contributed by atoms with Gasteiger partial charge in [-0.15, -0.1) is 0 Å². The number of fused-ring (bicyclic) bond motifs is 5. The molecule has 0 aliphatic carbocycles. The molecule has 4 aromatic rings. The van der Waals surface area contributed by atoms with Crippen molar-refractivity contribution in [3.63, 3.8) is 0 Å². The Bertz CT molecular complexity index is 2460. The van der Waals surface area contributed by atoms with Gasteiger partial charge >= 0.3 is 5.97 Å². The van der Waals surface area contributed by atoms with E-state index < -0.39 is 72.2 Å². The van der Waals surface area contributed by atoms with Gasteiger partial charge in [0.05, 0.1) is 17.9 Å². The minimum absolute atomic E-state index is 0.0131. The third kappa shape index (κ3) is 12.7. The first-order chi connectivity index (χ1) is 32.2. The molecule has 0 unspecified atom stereocenters. The number of aliphatic carboxylic acids is 1. The van der Waals surface area contributed by atoms with Gasteiger partial charge in [0.15, 0.2) is 11.5 Å². The number of carboxylic acid groups (broad SMARTS) is 1. The number of phenolic OH excluding ortho intramolecular Hbond substituents is 1. The van der Waals surface area contributed by atoms with Gasteiger partial charge in [-0.25, -0.2) is 9.78 Å². The van der Waals surface area contributed by atoms with Crippen LogP contribution in [-0.2, 0) is 31.0 Å². The number of ether oxygens (including phenoxy) is 2. The predicted octanol–water partition coefficient (Wildman–Crippen LogP) is 2.75. The van der Waals surface area contributed by atoms with Crippen molar-refractivity contribution in [3.05, 3.63) is 88.1 Å². The Hall–Kier alpha value is -6.51. The van der Waals surface area contributed by atoms with Gasteiger partial charge in [0.25, 0.3) is 5.91 Å². The summed E-state index contributed by atoms with van der Waals surface area (Å²) in [6.45, 7) is 7.59. The molecule has 0 spiro atoms. The second kappa shape index (κ2) is 23.0. The second-order valence-electron chi connectivity index (χ2n) is 17.7. The molecular weight excluding hydrogens is 898 g/mol. The summed E-state index contributed by atoms with van der Waals surface area (Å²) in [5.74, 6) is -5.21. The number of hydrogen-bond acceptors (Lipinski definition) is 14. The molecule has 14 N–H and O–H groups in total. The lowest BCUT2D eigenvalue weighted by Crippen LogP contribution is -2.54. The molecule has 1 aliphatic heterocycles. The van der Waals surface area contributed by atoms with Gasteiger partial charge in [-0.2, -0.15) is 0 Å². The summed E-state index contributed by atoms with van der Waals surface area (Å²) in [7, 11) is 1.30. The van der Waals surface area contributed by atoms with Gasteiger partial charge in [-0.1, -0.05) is 62.7 Å². The monoisotopic (exact) mass is 959 g/mol. The van der Waals surface area contributed by atoms with E-state index in [2.05, 4.69) is 41.7 Å². The van der Waals surface area contributed by atoms with E-state index in [0.717, 1.165) is 10.5 Å². The number of rotatable bonds is 17. The average Bonchev–Trinajstić information content (AvgIpc) is 3.29. The SMILES string of the molecule is C[C@@H]1NC(=O)[C@@H](N(C)C(=O)[C@H](CCCN)NC(=O)c2c(N)cc(-c3ccc(C(C)(C)C)cc3)nc2Cl)c2cc(OC[C@H](O)CN)c(O)c(c2)-c2cc(ccc2OCCCN)C[C@@H](C(=O)O)NC1=O. The van der Waals surface area contributed by atoms with Crippen LogP contribution in [0.25, 0.3) is 22.4 Å². The number of aromatic hydroxyl groups is 1. The van der Waals surface area contributed by atoms with Gasteiger partial charge in [0.1, 0.15) is 47.8 Å². The smallest absolute Gasteiger partial charge is 0.326 e. The number of nitrogens with two attached hydrogens (primary N) is 4. The number of carbonyl (C=O) groups excluding carboxylic acids is 4. The molecule has 0 radical (unpaired) electrons. The van der Waals surface area contributed by atoms with Crippen molar-refractivity contribution in [2.24, 2.45) is 17.2 Å². The number of aromatic nitrogens is 1. The van der Waals surface area contributed by atoms with E-state index in [0.29, 0.717) is 29.8 Å². The number of benzene rings is 3. The predicted molar refractivity (Wildman–Crippen MR) is 257 cm³/mol. The first-order valence-corrected chi connectivity index (χ1v) is 22.6. The maximum absolute atomic E-state index is 14.9. The molecule has 3 aromatic carbocycles. The number of carboxylic acids is 1. The first-order valence-electron chi connectivity index (χ1n) is 22.2. The van der Waals surface area contributed by atoms with Crippen LogP contribution in [0, 0.1) is 0 Å². The van der Waals surface area contributed by atoms with Crippen LogP contribution in [0.4, 0.5) is 5.69 Å². The van der Waals surface area contributed by atoms with Crippen molar-refractivity contribution in [1.82, 2.24) is 25.8 Å². The van der Waals surface area contributed by atoms with Crippen molar-refractivity contribution >= 4 is 46.9 Å². The highest BCUT2D eigenvalue weighted by atomic mass is 35.5. The lowest BCUT2D eigenvalue weighted by atomic mass is 9.86. The molecule has 2 heterocycles. The molecule has 0 saturated heterocycles. The number of pyridine rings is 1. The number of nitrogen functional groups attached to an aromatic ring is 1. The summed E-state index contributed by atoms with van der Waals surface area (Å²) in [6, 6.07) is 10.9. The van der Waals surface area contributed by atoms with Crippen molar-refractivity contribution in [2.45, 2.75) is 89.1 Å². The molecule has 1 aliphatic rings. The van der Waals surface area contributed by atoms with Crippen LogP contribution in [0.3, 0.4) is 0 Å². The number of nitrogens with one attached hydrogen (secondary N) is 3. The molecular formula is C48H62ClN9O10. The standard InChI is InChI=1S/C48H62ClN9O10/c1-25-43(61)57-36(47(65)66)19-26-9-14-37(67-17-7-16-51)31(18-26)32-20-28(21-38(41(32)60)68-24-30(59)23-52)40(45(63)54-25)58(5)46(64)34(8-6-15-50)56-44(62)39-33(53)22-35(55-42(39)49)27-10-12-29(13-11-27)48(2,3)4/h9-14,18,20-22,25,30,34,36,40,59-60H,6-8,15-17,19,23-24,50-52H2,1-5H3,(H2,53,55)(H,54,63)(H,56,62)(H,57,61)(H,65,66)/t25-,30+,34-,36-,40-/m0/s1. The topological polar surface area (TPSA) is 321 Å². The fourth-order valence-electron chi connectivity index (χ4n) is 7.53. The van der Waals surface area contributed by atoms with Gasteiger partial charge < -0.3 is 68.6 Å². The fourth-order valence-corrected chi connectivity index (χ4v) is 7.82. The Labute approximate surface area is 399 Å². The normalized spacial score (nSPS) is 17.2. The van der Waals surface area contributed by atoms with Crippen molar-refractivity contribution in [1.29, 1.82) is 0 Å². The van der Waals surface area contributed by atoms with E-state index in [-0.39, 0.29) is 89.0 Å². The molecule has 5 atom stereocenters. The van der Waals surface area contributed by atoms with Crippen LogP contribution in [0.1, 0.15) is 80.0 Å². The highest BCUT2D eigenvalue weighted by Crippen LogP contribution is 2.45. The van der Waals surface area contributed by atoms with Crippen LogP contribution in [0.5, 0.6) is 17.2 Å². The van der Waals surface area contributed by atoms with E-state index in [1.807, 2.05) is 24.3 Å². The van der Waals surface area contributed by atoms with Crippen molar-refractivity contribution < 1.29 is 48.8 Å². The number of halogens is 1. The lowest BCUT2D eigenvalue weighted by Gasteiger charge is -2.33. The quantitative estimate of drug-likeness (QED) is 0.0538. The van der Waals surface area contributed by atoms with Gasteiger partial charge in [0, 0.05) is 42.4 Å². The molecule has 19 nitrogen and oxygen atoms in total. The molecule has 4 amide bonds. The Morgan fingerprint density at radius 1 is 0.941 bits per heavy atom. The van der Waals surface area contributed by atoms with Gasteiger partial charge in [0.2, 0.25) is 17.7 Å². The zero-order chi connectivity index (χ0) is 50.0. The highest BCUT2D eigenvalue weighted by Gasteiger charge is 2.37. The third-order valence-electron chi connectivity index (χ3n) is 11.4. The maximum Gasteiger partial charge on any atom is 0.326 e. The molecule has 1 aromatic heterocycles. The number of anilines is 1. The Morgan fingerprint density at radius 3 is 2.25 bits per heavy atom. The zero-order valence-corrected chi connectivity index (χ0v) is 39.6. The van der Waals surface area contributed by atoms with E-state index in [1.54, 1.807) is 18.2 Å². The summed E-state index contributed by atoms with van der Waals surface area (Å²) in [4.78, 5) is 75.2. The summed E-state index contributed by atoms with van der Waals surface area (Å²) < 4.78 is 12.0. The Morgan fingerprint density at radius 2 is 1.63 bits per heavy atom. The molecule has 20 heteroatoms. The van der Waals surface area contributed by atoms with Crippen LogP contribution in [0.15, 0.2) is 60.7 Å². The van der Waals surface area contributed by atoms with E-state index in [1.165, 1.54) is 32.2 Å².